The average Bonchev–Trinajstić information content (AvgIpc) is 2.79. The van der Waals surface area contributed by atoms with Crippen molar-refractivity contribution < 1.29 is 18.7 Å². The highest BCUT2D eigenvalue weighted by molar-refractivity contribution is 6.30. The maximum absolute atomic E-state index is 13.3. The van der Waals surface area contributed by atoms with Gasteiger partial charge in [0.1, 0.15) is 11.9 Å². The summed E-state index contributed by atoms with van der Waals surface area (Å²) in [5.41, 5.74) is 1.96. The highest BCUT2D eigenvalue weighted by atomic mass is 35.5. The molecule has 1 amide bonds. The van der Waals surface area contributed by atoms with Gasteiger partial charge in [-0.2, -0.15) is 0 Å². The first-order chi connectivity index (χ1) is 14.5. The predicted molar refractivity (Wildman–Crippen MR) is 112 cm³/mol. The molecule has 3 aromatic rings. The molecular weight excluding hydrogens is 405 g/mol. The van der Waals surface area contributed by atoms with E-state index >= 15 is 0 Å². The molecule has 0 radical (unpaired) electrons. The van der Waals surface area contributed by atoms with Gasteiger partial charge in [0.05, 0.1) is 18.7 Å². The number of hydrogen-bond acceptors (Lipinski definition) is 3. The van der Waals surface area contributed by atoms with Crippen LogP contribution in [0.3, 0.4) is 0 Å². The number of rotatable bonds is 4. The van der Waals surface area contributed by atoms with Crippen molar-refractivity contribution in [3.63, 3.8) is 0 Å². The molecule has 0 saturated carbocycles. The molecule has 0 spiro atoms. The fourth-order valence-electron chi connectivity index (χ4n) is 3.51. The van der Waals surface area contributed by atoms with Crippen LogP contribution in [0.4, 0.5) is 4.39 Å². The minimum Gasteiger partial charge on any atom is -0.370 e. The van der Waals surface area contributed by atoms with Crippen molar-refractivity contribution >= 4 is 23.3 Å². The van der Waals surface area contributed by atoms with E-state index in [0.29, 0.717) is 41.4 Å². The van der Waals surface area contributed by atoms with E-state index in [4.69, 9.17) is 16.3 Å². The van der Waals surface area contributed by atoms with Gasteiger partial charge in [-0.05, 0) is 48.0 Å². The Balaban J connectivity index is 1.58. The van der Waals surface area contributed by atoms with Crippen molar-refractivity contribution in [1.82, 2.24) is 4.90 Å². The van der Waals surface area contributed by atoms with Crippen molar-refractivity contribution in [2.45, 2.75) is 6.10 Å². The van der Waals surface area contributed by atoms with Gasteiger partial charge >= 0.3 is 0 Å². The van der Waals surface area contributed by atoms with E-state index < -0.39 is 0 Å². The van der Waals surface area contributed by atoms with Crippen LogP contribution in [0.25, 0.3) is 0 Å². The van der Waals surface area contributed by atoms with Crippen LogP contribution in [0, 0.1) is 5.82 Å². The van der Waals surface area contributed by atoms with Crippen molar-refractivity contribution in [3.8, 4) is 0 Å². The minimum atomic E-state index is -0.345. The number of halogens is 2. The number of nitrogens with zero attached hydrogens (tertiary/aromatic N) is 1. The summed E-state index contributed by atoms with van der Waals surface area (Å²) in [6.45, 7) is 1.11. The second kappa shape index (κ2) is 8.78. The van der Waals surface area contributed by atoms with Crippen molar-refractivity contribution in [2.75, 3.05) is 19.7 Å². The maximum Gasteiger partial charge on any atom is 0.254 e. The zero-order valence-electron chi connectivity index (χ0n) is 16.1. The average molecular weight is 424 g/mol. The van der Waals surface area contributed by atoms with Gasteiger partial charge in [0.2, 0.25) is 0 Å². The van der Waals surface area contributed by atoms with E-state index in [-0.39, 0.29) is 23.6 Å². The number of amides is 1. The molecule has 0 aromatic heterocycles. The molecular formula is C24H19ClFNO3. The Labute approximate surface area is 178 Å². The van der Waals surface area contributed by atoms with Crippen molar-refractivity contribution in [1.29, 1.82) is 0 Å². The Bertz CT molecular complexity index is 1070. The van der Waals surface area contributed by atoms with E-state index in [0.717, 1.165) is 5.56 Å². The molecule has 1 aliphatic rings. The van der Waals surface area contributed by atoms with Crippen LogP contribution >= 0.6 is 11.6 Å². The topological polar surface area (TPSA) is 46.6 Å². The second-order valence-corrected chi connectivity index (χ2v) is 7.48. The molecule has 4 rings (SSSR count). The molecule has 0 unspecified atom stereocenters. The second-order valence-electron chi connectivity index (χ2n) is 7.04. The molecule has 1 heterocycles. The first-order valence-electron chi connectivity index (χ1n) is 9.58. The summed E-state index contributed by atoms with van der Waals surface area (Å²) in [5.74, 6) is -0.792. The van der Waals surface area contributed by atoms with E-state index in [1.54, 1.807) is 65.6 Å². The molecule has 152 valence electrons. The fourth-order valence-corrected chi connectivity index (χ4v) is 3.63. The Hall–Kier alpha value is -3.02. The summed E-state index contributed by atoms with van der Waals surface area (Å²) in [4.78, 5) is 28.0. The van der Waals surface area contributed by atoms with Crippen LogP contribution in [-0.2, 0) is 4.74 Å². The molecule has 0 N–H and O–H groups in total. The van der Waals surface area contributed by atoms with Crippen LogP contribution in [-0.4, -0.2) is 36.3 Å². The lowest BCUT2D eigenvalue weighted by molar-refractivity contribution is -0.0228. The first-order valence-corrected chi connectivity index (χ1v) is 9.96. The first kappa shape index (κ1) is 20.3. The van der Waals surface area contributed by atoms with Crippen LogP contribution in [0.15, 0.2) is 72.8 Å². The van der Waals surface area contributed by atoms with Crippen LogP contribution in [0.2, 0.25) is 5.02 Å². The molecule has 1 fully saturated rings. The highest BCUT2D eigenvalue weighted by Gasteiger charge is 2.28. The van der Waals surface area contributed by atoms with Crippen molar-refractivity contribution in [2.24, 2.45) is 0 Å². The molecule has 0 aliphatic carbocycles. The molecule has 6 heteroatoms. The molecule has 1 atom stereocenters. The van der Waals surface area contributed by atoms with E-state index in [1.807, 2.05) is 0 Å². The summed E-state index contributed by atoms with van der Waals surface area (Å²) >= 11 is 5.91. The lowest BCUT2D eigenvalue weighted by Gasteiger charge is -2.33. The van der Waals surface area contributed by atoms with Crippen LogP contribution in [0.1, 0.15) is 37.9 Å². The summed E-state index contributed by atoms with van der Waals surface area (Å²) in [6.07, 6.45) is -0.345. The SMILES string of the molecule is O=C(c1ccc(Cl)cc1)c1ccccc1C(=O)N1CCO[C@@H](c2ccc(F)cc2)C1. The van der Waals surface area contributed by atoms with Gasteiger partial charge in [-0.1, -0.05) is 41.9 Å². The van der Waals surface area contributed by atoms with Crippen LogP contribution in [0.5, 0.6) is 0 Å². The summed E-state index contributed by atoms with van der Waals surface area (Å²) < 4.78 is 19.0. The standard InChI is InChI=1S/C24H19ClFNO3/c25-18-9-5-17(6-10-18)23(28)20-3-1-2-4-21(20)24(29)27-13-14-30-22(15-27)16-7-11-19(26)12-8-16/h1-12,22H,13-15H2/t22-/m1/s1. The normalized spacial score (nSPS) is 16.3. The zero-order valence-corrected chi connectivity index (χ0v) is 16.8. The molecule has 0 bridgehead atoms. The largest absolute Gasteiger partial charge is 0.370 e. The summed E-state index contributed by atoms with van der Waals surface area (Å²) in [6, 6.07) is 19.4. The van der Waals surface area contributed by atoms with E-state index in [9.17, 15) is 14.0 Å². The summed E-state index contributed by atoms with van der Waals surface area (Å²) in [7, 11) is 0. The number of ether oxygens (including phenoxy) is 1. The number of benzene rings is 3. The monoisotopic (exact) mass is 423 g/mol. The Morgan fingerprint density at radius 3 is 2.30 bits per heavy atom. The van der Waals surface area contributed by atoms with Gasteiger partial charge in [-0.15, -0.1) is 0 Å². The molecule has 1 saturated heterocycles. The zero-order chi connectivity index (χ0) is 21.1. The number of carbonyl (C=O) groups excluding carboxylic acids is 2. The third-order valence-electron chi connectivity index (χ3n) is 5.10. The number of ketones is 1. The summed E-state index contributed by atoms with van der Waals surface area (Å²) in [5, 5.41) is 0.538. The maximum atomic E-state index is 13.3. The van der Waals surface area contributed by atoms with Gasteiger partial charge in [-0.25, -0.2) is 4.39 Å². The minimum absolute atomic E-state index is 0.233. The van der Waals surface area contributed by atoms with Crippen molar-refractivity contribution in [3.05, 3.63) is 106 Å². The van der Waals surface area contributed by atoms with Gasteiger partial charge in [0.15, 0.2) is 5.78 Å². The Kier molecular flexibility index (Phi) is 5.93. The number of carbonyl (C=O) groups is 2. The number of morpholine rings is 1. The molecule has 3 aromatic carbocycles. The Morgan fingerprint density at radius 1 is 0.933 bits per heavy atom. The lowest BCUT2D eigenvalue weighted by Crippen LogP contribution is -2.42. The number of hydrogen-bond donors (Lipinski definition) is 0. The predicted octanol–water partition coefficient (Wildman–Crippen LogP) is 4.92. The third kappa shape index (κ3) is 4.27. The van der Waals surface area contributed by atoms with Crippen LogP contribution < -0.4 is 0 Å². The van der Waals surface area contributed by atoms with E-state index in [2.05, 4.69) is 0 Å². The molecule has 4 nitrogen and oxygen atoms in total. The third-order valence-corrected chi connectivity index (χ3v) is 5.36. The van der Waals surface area contributed by atoms with E-state index in [1.165, 1.54) is 12.1 Å². The Morgan fingerprint density at radius 2 is 1.60 bits per heavy atom. The lowest BCUT2D eigenvalue weighted by atomic mass is 9.97. The van der Waals surface area contributed by atoms with Gasteiger partial charge in [0, 0.05) is 22.7 Å². The van der Waals surface area contributed by atoms with Gasteiger partial charge in [-0.3, -0.25) is 9.59 Å². The smallest absolute Gasteiger partial charge is 0.254 e. The van der Waals surface area contributed by atoms with Gasteiger partial charge in [0.25, 0.3) is 5.91 Å². The fraction of sp³-hybridized carbons (Fsp3) is 0.167. The highest BCUT2D eigenvalue weighted by Crippen LogP contribution is 2.25. The quantitative estimate of drug-likeness (QED) is 0.559. The molecule has 1 aliphatic heterocycles. The van der Waals surface area contributed by atoms with Gasteiger partial charge < -0.3 is 9.64 Å². The molecule has 30 heavy (non-hydrogen) atoms.